The number of benzene rings is 2. The minimum atomic E-state index is -0.649. The smallest absolute Gasteiger partial charge is 0.269 e. The van der Waals surface area contributed by atoms with Crippen LogP contribution in [0.2, 0.25) is 0 Å². The zero-order valence-electron chi connectivity index (χ0n) is 13.5. The molecule has 0 saturated heterocycles. The van der Waals surface area contributed by atoms with Gasteiger partial charge in [0.25, 0.3) is 5.69 Å². The molecule has 132 valence electrons. The van der Waals surface area contributed by atoms with Crippen molar-refractivity contribution in [3.63, 3.8) is 0 Å². The number of hydrogen-bond donors (Lipinski definition) is 2. The van der Waals surface area contributed by atoms with Gasteiger partial charge in [-0.2, -0.15) is 0 Å². The number of nitrogens with zero attached hydrogens (tertiary/aromatic N) is 1. The van der Waals surface area contributed by atoms with Gasteiger partial charge in [0.1, 0.15) is 31.5 Å². The molecule has 3 N–H and O–H groups in total. The maximum atomic E-state index is 10.6. The van der Waals surface area contributed by atoms with E-state index in [1.807, 2.05) is 23.5 Å². The molecule has 1 atom stereocenters. The molecule has 25 heavy (non-hydrogen) atoms. The molecule has 0 amide bonds. The van der Waals surface area contributed by atoms with Crippen molar-refractivity contribution in [3.05, 3.63) is 58.1 Å². The van der Waals surface area contributed by atoms with Gasteiger partial charge >= 0.3 is 0 Å². The second-order valence-corrected chi connectivity index (χ2v) is 5.63. The number of rotatable bonds is 8. The second kappa shape index (κ2) is 7.82. The summed E-state index contributed by atoms with van der Waals surface area (Å²) in [6.45, 7) is 1.54. The van der Waals surface area contributed by atoms with Gasteiger partial charge in [-0.25, -0.2) is 0 Å². The van der Waals surface area contributed by atoms with E-state index in [-0.39, 0.29) is 19.1 Å². The summed E-state index contributed by atoms with van der Waals surface area (Å²) in [6, 6.07) is 11.5. The van der Waals surface area contributed by atoms with Gasteiger partial charge in [0, 0.05) is 17.7 Å². The fourth-order valence-electron chi connectivity index (χ4n) is 2.43. The minimum Gasteiger partial charge on any atom is -0.491 e. The third-order valence-corrected chi connectivity index (χ3v) is 3.75. The largest absolute Gasteiger partial charge is 0.491 e. The number of non-ortho nitro benzene ring substituents is 1. The molecule has 0 spiro atoms. The molecule has 0 aromatic heterocycles. The number of quaternary nitrogens is 1. The van der Waals surface area contributed by atoms with E-state index < -0.39 is 11.0 Å². The quantitative estimate of drug-likeness (QED) is 0.541. The van der Waals surface area contributed by atoms with E-state index >= 15 is 0 Å². The van der Waals surface area contributed by atoms with Gasteiger partial charge in [-0.3, -0.25) is 10.1 Å². The first-order valence-electron chi connectivity index (χ1n) is 7.87. The highest BCUT2D eigenvalue weighted by molar-refractivity contribution is 5.44. The molecule has 1 heterocycles. The molecule has 2 aromatic carbocycles. The van der Waals surface area contributed by atoms with Crippen molar-refractivity contribution in [2.45, 2.75) is 12.6 Å². The number of aliphatic hydroxyl groups is 1. The van der Waals surface area contributed by atoms with Crippen LogP contribution in [0.15, 0.2) is 42.5 Å². The molecule has 1 aliphatic rings. The van der Waals surface area contributed by atoms with E-state index in [1.54, 1.807) is 0 Å². The lowest BCUT2D eigenvalue weighted by atomic mass is 10.2. The normalized spacial score (nSPS) is 13.5. The Labute approximate surface area is 144 Å². The molecule has 3 rings (SSSR count). The molecule has 0 aliphatic carbocycles. The number of nitro benzene ring substituents is 1. The van der Waals surface area contributed by atoms with Crippen molar-refractivity contribution in [1.82, 2.24) is 0 Å². The Hall–Kier alpha value is -2.84. The Morgan fingerprint density at radius 2 is 1.96 bits per heavy atom. The van der Waals surface area contributed by atoms with Crippen LogP contribution in [0.5, 0.6) is 17.2 Å². The number of nitro groups is 1. The first-order valence-corrected chi connectivity index (χ1v) is 7.87. The highest BCUT2D eigenvalue weighted by Crippen LogP contribution is 2.32. The summed E-state index contributed by atoms with van der Waals surface area (Å²) >= 11 is 0. The van der Waals surface area contributed by atoms with E-state index in [9.17, 15) is 15.2 Å². The average molecular weight is 347 g/mol. The standard InChI is InChI=1S/C17H18N2O6/c20-14(10-23-15-4-2-13(3-5-15)19(21)22)9-18-8-12-1-6-16-17(7-12)25-11-24-16/h1-7,14,18,20H,8-11H2/p+1/t14-/m0/s1. The van der Waals surface area contributed by atoms with Crippen LogP contribution in [0, 0.1) is 10.1 Å². The van der Waals surface area contributed by atoms with Crippen LogP contribution in [-0.2, 0) is 6.54 Å². The van der Waals surface area contributed by atoms with Crippen molar-refractivity contribution in [3.8, 4) is 17.2 Å². The fourth-order valence-corrected chi connectivity index (χ4v) is 2.43. The molecule has 0 bridgehead atoms. The van der Waals surface area contributed by atoms with Gasteiger partial charge in [0.15, 0.2) is 11.5 Å². The van der Waals surface area contributed by atoms with Gasteiger partial charge in [-0.05, 0) is 30.3 Å². The lowest BCUT2D eigenvalue weighted by Gasteiger charge is -2.11. The highest BCUT2D eigenvalue weighted by Gasteiger charge is 2.14. The molecule has 8 nitrogen and oxygen atoms in total. The van der Waals surface area contributed by atoms with Gasteiger partial charge in [0.05, 0.1) is 4.92 Å². The SMILES string of the molecule is O=[N+]([O-])c1ccc(OC[C@@H](O)C[NH2+]Cc2ccc3c(c2)OCO3)cc1. The van der Waals surface area contributed by atoms with Crippen LogP contribution in [0.4, 0.5) is 5.69 Å². The van der Waals surface area contributed by atoms with E-state index in [0.29, 0.717) is 18.8 Å². The van der Waals surface area contributed by atoms with Crippen LogP contribution in [0.1, 0.15) is 5.56 Å². The third kappa shape index (κ3) is 4.59. The number of aliphatic hydroxyl groups excluding tert-OH is 1. The van der Waals surface area contributed by atoms with Gasteiger partial charge in [-0.1, -0.05) is 0 Å². The summed E-state index contributed by atoms with van der Waals surface area (Å²) < 4.78 is 16.0. The second-order valence-electron chi connectivity index (χ2n) is 5.63. The molecule has 0 fully saturated rings. The minimum absolute atomic E-state index is 0.00459. The van der Waals surface area contributed by atoms with Crippen molar-refractivity contribution in [2.75, 3.05) is 19.9 Å². The van der Waals surface area contributed by atoms with Crippen LogP contribution < -0.4 is 19.5 Å². The molecule has 1 aliphatic heterocycles. The number of nitrogens with two attached hydrogens (primary N) is 1. The summed E-state index contributed by atoms with van der Waals surface area (Å²) in [7, 11) is 0. The Bertz CT molecular complexity index is 734. The first kappa shape index (κ1) is 17.0. The summed E-state index contributed by atoms with van der Waals surface area (Å²) in [4.78, 5) is 10.1. The Kier molecular flexibility index (Phi) is 5.32. The Morgan fingerprint density at radius 1 is 1.20 bits per heavy atom. The molecule has 0 saturated carbocycles. The van der Waals surface area contributed by atoms with E-state index in [2.05, 4.69) is 0 Å². The predicted octanol–water partition coefficient (Wildman–Crippen LogP) is 0.827. The Balaban J connectivity index is 1.39. The summed E-state index contributed by atoms with van der Waals surface area (Å²) in [5.41, 5.74) is 1.08. The van der Waals surface area contributed by atoms with E-state index in [0.717, 1.165) is 17.1 Å². The molecule has 0 unspecified atom stereocenters. The summed E-state index contributed by atoms with van der Waals surface area (Å²) in [5, 5.41) is 22.5. The zero-order chi connectivity index (χ0) is 17.6. The topological polar surface area (TPSA) is 108 Å². The van der Waals surface area contributed by atoms with Crippen molar-refractivity contribution in [2.24, 2.45) is 0 Å². The zero-order valence-corrected chi connectivity index (χ0v) is 13.5. The van der Waals surface area contributed by atoms with Crippen molar-refractivity contribution < 1.29 is 29.6 Å². The van der Waals surface area contributed by atoms with Gasteiger partial charge in [0.2, 0.25) is 6.79 Å². The predicted molar refractivity (Wildman–Crippen MR) is 87.7 cm³/mol. The fraction of sp³-hybridized carbons (Fsp3) is 0.294. The van der Waals surface area contributed by atoms with Crippen LogP contribution >= 0.6 is 0 Å². The number of hydrogen-bond acceptors (Lipinski definition) is 6. The van der Waals surface area contributed by atoms with Gasteiger partial charge < -0.3 is 24.6 Å². The lowest BCUT2D eigenvalue weighted by Crippen LogP contribution is -2.85. The third-order valence-electron chi connectivity index (χ3n) is 3.75. The molecular formula is C17H19N2O6+. The number of ether oxygens (including phenoxy) is 3. The van der Waals surface area contributed by atoms with Crippen molar-refractivity contribution >= 4 is 5.69 Å². The first-order chi connectivity index (χ1) is 12.1. The van der Waals surface area contributed by atoms with Crippen LogP contribution in [0.3, 0.4) is 0 Å². The molecule has 8 heteroatoms. The van der Waals surface area contributed by atoms with Crippen LogP contribution in [0.25, 0.3) is 0 Å². The summed E-state index contributed by atoms with van der Waals surface area (Å²) in [5.74, 6) is 1.98. The molecule has 2 aromatic rings. The monoisotopic (exact) mass is 347 g/mol. The van der Waals surface area contributed by atoms with Crippen molar-refractivity contribution in [1.29, 1.82) is 0 Å². The number of fused-ring (bicyclic) bond motifs is 1. The maximum Gasteiger partial charge on any atom is 0.269 e. The average Bonchev–Trinajstić information content (AvgIpc) is 3.08. The summed E-state index contributed by atoms with van der Waals surface area (Å²) in [6.07, 6.45) is -0.649. The Morgan fingerprint density at radius 3 is 2.72 bits per heavy atom. The maximum absolute atomic E-state index is 10.6. The highest BCUT2D eigenvalue weighted by atomic mass is 16.7. The van der Waals surface area contributed by atoms with E-state index in [1.165, 1.54) is 24.3 Å². The molecular weight excluding hydrogens is 328 g/mol. The van der Waals surface area contributed by atoms with E-state index in [4.69, 9.17) is 14.2 Å². The lowest BCUT2D eigenvalue weighted by molar-refractivity contribution is -0.676. The van der Waals surface area contributed by atoms with Gasteiger partial charge in [-0.15, -0.1) is 0 Å². The molecule has 0 radical (unpaired) electrons. The van der Waals surface area contributed by atoms with Crippen LogP contribution in [-0.4, -0.2) is 36.1 Å².